The number of hydrogen-bond acceptors (Lipinski definition) is 9. The molecule has 0 aromatic heterocycles. The van der Waals surface area contributed by atoms with Crippen LogP contribution in [0.2, 0.25) is 0 Å². The smallest absolute Gasteiger partial charge is 0.322 e. The monoisotopic (exact) mass is 512 g/mol. The standard InChI is InChI=1S/C29H20O9/c1-38-26(37)29-20-11-18(33)13-22(35)24(20)28(14-2-4-15(30)5-3-14,27(29)8-6-16(31)7-9-27)25(36)19-10-17(32)12-21(34)23(19)29/h2-13,30,32-35H,1H3/t28?,29-/m1/s1. The maximum Gasteiger partial charge on any atom is 0.322 e. The summed E-state index contributed by atoms with van der Waals surface area (Å²) in [6, 6.07) is 9.88. The highest BCUT2D eigenvalue weighted by atomic mass is 16.5. The molecule has 6 rings (SSSR count). The van der Waals surface area contributed by atoms with Crippen LogP contribution in [0.4, 0.5) is 0 Å². The lowest BCUT2D eigenvalue weighted by molar-refractivity contribution is -0.149. The van der Waals surface area contributed by atoms with Crippen molar-refractivity contribution in [2.75, 3.05) is 7.11 Å². The molecular weight excluding hydrogens is 492 g/mol. The molecule has 9 nitrogen and oxygen atoms in total. The minimum absolute atomic E-state index is 0.0355. The Bertz CT molecular complexity index is 1650. The summed E-state index contributed by atoms with van der Waals surface area (Å²) in [6.07, 6.45) is 5.13. The van der Waals surface area contributed by atoms with E-state index in [0.29, 0.717) is 0 Å². The van der Waals surface area contributed by atoms with E-state index in [1.807, 2.05) is 0 Å². The maximum absolute atomic E-state index is 14.8. The van der Waals surface area contributed by atoms with Gasteiger partial charge in [0, 0.05) is 28.8 Å². The molecule has 0 saturated heterocycles. The van der Waals surface area contributed by atoms with Crippen molar-refractivity contribution in [1.82, 2.24) is 0 Å². The van der Waals surface area contributed by atoms with Gasteiger partial charge in [-0.3, -0.25) is 14.4 Å². The topological polar surface area (TPSA) is 162 Å². The molecule has 3 aromatic carbocycles. The van der Waals surface area contributed by atoms with E-state index in [-0.39, 0.29) is 33.6 Å². The summed E-state index contributed by atoms with van der Waals surface area (Å²) in [7, 11) is 1.11. The number of ketones is 2. The summed E-state index contributed by atoms with van der Waals surface area (Å²) in [5, 5.41) is 53.6. The lowest BCUT2D eigenvalue weighted by Crippen LogP contribution is -2.62. The van der Waals surface area contributed by atoms with E-state index in [2.05, 4.69) is 0 Å². The predicted octanol–water partition coefficient (Wildman–Crippen LogP) is 2.85. The molecule has 38 heavy (non-hydrogen) atoms. The van der Waals surface area contributed by atoms with Gasteiger partial charge in [0.1, 0.15) is 39.6 Å². The Morgan fingerprint density at radius 1 is 0.763 bits per heavy atom. The first-order valence-corrected chi connectivity index (χ1v) is 11.5. The number of methoxy groups -OCH3 is 1. The average molecular weight is 512 g/mol. The second-order valence-electron chi connectivity index (χ2n) is 9.58. The molecule has 2 atom stereocenters. The first-order valence-electron chi connectivity index (χ1n) is 11.5. The Kier molecular flexibility index (Phi) is 4.46. The van der Waals surface area contributed by atoms with Gasteiger partial charge in [-0.1, -0.05) is 24.3 Å². The van der Waals surface area contributed by atoms with Gasteiger partial charge < -0.3 is 30.3 Å². The number of hydrogen-bond donors (Lipinski definition) is 5. The number of fused-ring (bicyclic) bond motifs is 5. The molecule has 1 spiro atoms. The van der Waals surface area contributed by atoms with Crippen molar-refractivity contribution in [3.8, 4) is 28.7 Å². The number of carbonyl (C=O) groups excluding carboxylic acids is 3. The summed E-state index contributed by atoms with van der Waals surface area (Å²) in [6.45, 7) is 0. The molecule has 0 saturated carbocycles. The van der Waals surface area contributed by atoms with Crippen molar-refractivity contribution < 1.29 is 44.7 Å². The van der Waals surface area contributed by atoms with Crippen molar-refractivity contribution in [3.63, 3.8) is 0 Å². The summed E-state index contributed by atoms with van der Waals surface area (Å²) in [5.74, 6) is -4.23. The van der Waals surface area contributed by atoms with Gasteiger partial charge in [0.05, 0.1) is 12.5 Å². The van der Waals surface area contributed by atoms with Crippen LogP contribution in [-0.2, 0) is 25.2 Å². The van der Waals surface area contributed by atoms with Gasteiger partial charge in [-0.25, -0.2) is 0 Å². The molecule has 0 amide bonds. The Hall–Kier alpha value is -5.05. The van der Waals surface area contributed by atoms with Crippen LogP contribution in [0.25, 0.3) is 0 Å². The fourth-order valence-electron chi connectivity index (χ4n) is 6.84. The van der Waals surface area contributed by atoms with Gasteiger partial charge in [0.25, 0.3) is 0 Å². The molecule has 9 heteroatoms. The molecule has 3 aliphatic rings. The minimum Gasteiger partial charge on any atom is -0.508 e. The number of ether oxygens (including phenoxy) is 1. The van der Waals surface area contributed by atoms with Crippen LogP contribution in [0.1, 0.15) is 32.6 Å². The van der Waals surface area contributed by atoms with Crippen molar-refractivity contribution in [3.05, 3.63) is 101 Å². The van der Waals surface area contributed by atoms with Crippen LogP contribution in [0.5, 0.6) is 28.7 Å². The molecule has 1 unspecified atom stereocenters. The van der Waals surface area contributed by atoms with Gasteiger partial charge in [0.15, 0.2) is 11.6 Å². The zero-order valence-corrected chi connectivity index (χ0v) is 19.8. The third-order valence-electron chi connectivity index (χ3n) is 8.00. The highest BCUT2D eigenvalue weighted by molar-refractivity contribution is 6.19. The van der Waals surface area contributed by atoms with Gasteiger partial charge in [0.2, 0.25) is 0 Å². The molecule has 3 aliphatic carbocycles. The van der Waals surface area contributed by atoms with Crippen LogP contribution in [0.3, 0.4) is 0 Å². The third kappa shape index (κ3) is 2.34. The van der Waals surface area contributed by atoms with Gasteiger partial charge in [-0.05, 0) is 47.5 Å². The highest BCUT2D eigenvalue weighted by Crippen LogP contribution is 2.75. The quantitative estimate of drug-likeness (QED) is 0.325. The van der Waals surface area contributed by atoms with E-state index >= 15 is 0 Å². The Morgan fingerprint density at radius 2 is 1.34 bits per heavy atom. The Morgan fingerprint density at radius 3 is 1.95 bits per heavy atom. The summed E-state index contributed by atoms with van der Waals surface area (Å²) in [4.78, 5) is 41.4. The van der Waals surface area contributed by atoms with E-state index in [0.717, 1.165) is 25.3 Å². The second-order valence-corrected chi connectivity index (χ2v) is 9.58. The largest absolute Gasteiger partial charge is 0.508 e. The molecule has 0 heterocycles. The number of rotatable bonds is 2. The summed E-state index contributed by atoms with van der Waals surface area (Å²) in [5.41, 5.74) is -6.24. The summed E-state index contributed by atoms with van der Waals surface area (Å²) >= 11 is 0. The number of benzene rings is 3. The molecular formula is C29H20O9. The van der Waals surface area contributed by atoms with Crippen molar-refractivity contribution in [2.45, 2.75) is 10.8 Å². The first kappa shape index (κ1) is 23.4. The van der Waals surface area contributed by atoms with Gasteiger partial charge >= 0.3 is 5.97 Å². The normalized spacial score (nSPS) is 23.8. The lowest BCUT2D eigenvalue weighted by atomic mass is 9.44. The second kappa shape index (κ2) is 7.25. The van der Waals surface area contributed by atoms with E-state index in [1.165, 1.54) is 54.6 Å². The van der Waals surface area contributed by atoms with E-state index in [1.54, 1.807) is 0 Å². The number of aromatic hydroxyl groups is 5. The molecule has 190 valence electrons. The number of esters is 1. The van der Waals surface area contributed by atoms with E-state index < -0.39 is 56.8 Å². The van der Waals surface area contributed by atoms with Crippen molar-refractivity contribution in [2.24, 2.45) is 5.41 Å². The van der Waals surface area contributed by atoms with Crippen LogP contribution < -0.4 is 0 Å². The van der Waals surface area contributed by atoms with E-state index in [9.17, 15) is 39.9 Å². The molecule has 2 bridgehead atoms. The minimum atomic E-state index is -2.13. The first-order chi connectivity index (χ1) is 18.1. The number of carbonyl (C=O) groups is 3. The zero-order valence-electron chi connectivity index (χ0n) is 19.8. The maximum atomic E-state index is 14.8. The third-order valence-corrected chi connectivity index (χ3v) is 8.00. The number of phenols is 5. The Labute approximate surface area is 215 Å². The van der Waals surface area contributed by atoms with Crippen LogP contribution in [-0.4, -0.2) is 50.2 Å². The fraction of sp³-hybridized carbons (Fsp3) is 0.138. The zero-order chi connectivity index (χ0) is 27.2. The van der Waals surface area contributed by atoms with E-state index in [4.69, 9.17) is 4.74 Å². The fourth-order valence-corrected chi connectivity index (χ4v) is 6.84. The summed E-state index contributed by atoms with van der Waals surface area (Å²) < 4.78 is 5.30. The number of Topliss-reactive ketones (excluding diaryl/α,β-unsaturated/α-hetero) is 1. The lowest BCUT2D eigenvalue weighted by Gasteiger charge is -2.54. The number of allylic oxidation sites excluding steroid dienone is 4. The van der Waals surface area contributed by atoms with Crippen LogP contribution in [0.15, 0.2) is 72.8 Å². The molecule has 0 radical (unpaired) electrons. The van der Waals surface area contributed by atoms with Crippen molar-refractivity contribution in [1.29, 1.82) is 0 Å². The number of phenolic OH excluding ortho intramolecular Hbond substituents is 5. The molecule has 0 aliphatic heterocycles. The molecule has 0 fully saturated rings. The Balaban J connectivity index is 1.98. The molecule has 3 aromatic rings. The van der Waals surface area contributed by atoms with Crippen molar-refractivity contribution >= 4 is 17.5 Å². The van der Waals surface area contributed by atoms with Crippen LogP contribution >= 0.6 is 0 Å². The van der Waals surface area contributed by atoms with Gasteiger partial charge in [-0.15, -0.1) is 0 Å². The van der Waals surface area contributed by atoms with Gasteiger partial charge in [-0.2, -0.15) is 0 Å². The predicted molar refractivity (Wildman–Crippen MR) is 131 cm³/mol. The molecule has 5 N–H and O–H groups in total. The van der Waals surface area contributed by atoms with Crippen LogP contribution in [0, 0.1) is 5.41 Å². The highest BCUT2D eigenvalue weighted by Gasteiger charge is 2.80. The average Bonchev–Trinajstić information content (AvgIpc) is 3.03. The SMILES string of the molecule is COC(=O)[C@@]12c3cc(O)cc(O)c3C(c3ccc(O)cc3)(C(=O)c3cc(O)cc(O)c31)C21C=CC(=O)C=C1.